The normalized spacial score (nSPS) is 13.7. The molecule has 1 aliphatic heterocycles. The highest BCUT2D eigenvalue weighted by atomic mass is 16.2. The zero-order valence-corrected chi connectivity index (χ0v) is 12.7. The van der Waals surface area contributed by atoms with Crippen LogP contribution >= 0.6 is 0 Å². The van der Waals surface area contributed by atoms with E-state index in [2.05, 4.69) is 19.2 Å². The van der Waals surface area contributed by atoms with E-state index in [0.29, 0.717) is 22.7 Å². The van der Waals surface area contributed by atoms with Crippen molar-refractivity contribution in [1.82, 2.24) is 0 Å². The average molecular weight is 294 g/mol. The van der Waals surface area contributed by atoms with Crippen LogP contribution < -0.4 is 10.2 Å². The van der Waals surface area contributed by atoms with Gasteiger partial charge in [0, 0.05) is 6.54 Å². The molecule has 0 unspecified atom stereocenters. The van der Waals surface area contributed by atoms with Crippen LogP contribution in [0.1, 0.15) is 34.6 Å². The molecule has 1 heterocycles. The molecule has 0 aromatic heterocycles. The molecular formula is C18H18N2O2. The van der Waals surface area contributed by atoms with Crippen molar-refractivity contribution in [2.24, 2.45) is 5.92 Å². The molecule has 0 atom stereocenters. The second-order valence-electron chi connectivity index (χ2n) is 5.78. The fraction of sp³-hybridized carbons (Fsp3) is 0.222. The number of amides is 2. The number of hydrogen-bond acceptors (Lipinski definition) is 3. The number of benzene rings is 2. The van der Waals surface area contributed by atoms with Crippen LogP contribution in [-0.2, 0) is 0 Å². The van der Waals surface area contributed by atoms with Gasteiger partial charge in [-0.3, -0.25) is 9.59 Å². The number of anilines is 2. The molecule has 0 fully saturated rings. The van der Waals surface area contributed by atoms with Crippen molar-refractivity contribution in [3.05, 3.63) is 59.7 Å². The Hall–Kier alpha value is -2.62. The minimum Gasteiger partial charge on any atom is -0.383 e. The Morgan fingerprint density at radius 1 is 0.909 bits per heavy atom. The molecule has 1 N–H and O–H groups in total. The largest absolute Gasteiger partial charge is 0.383 e. The molecule has 112 valence electrons. The van der Waals surface area contributed by atoms with Crippen molar-refractivity contribution in [2.45, 2.75) is 13.8 Å². The molecule has 0 aliphatic carbocycles. The quantitative estimate of drug-likeness (QED) is 0.877. The first-order chi connectivity index (χ1) is 10.6. The maximum atomic E-state index is 12.6. The molecule has 1 aliphatic rings. The number of fused-ring (bicyclic) bond motifs is 1. The van der Waals surface area contributed by atoms with E-state index in [1.165, 1.54) is 4.90 Å². The topological polar surface area (TPSA) is 49.4 Å². The van der Waals surface area contributed by atoms with E-state index in [-0.39, 0.29) is 11.8 Å². The first-order valence-electron chi connectivity index (χ1n) is 7.40. The van der Waals surface area contributed by atoms with Gasteiger partial charge in [0.15, 0.2) is 0 Å². The second-order valence-corrected chi connectivity index (χ2v) is 5.78. The van der Waals surface area contributed by atoms with Gasteiger partial charge in [0.2, 0.25) is 0 Å². The van der Waals surface area contributed by atoms with Gasteiger partial charge in [0.25, 0.3) is 11.8 Å². The summed E-state index contributed by atoms with van der Waals surface area (Å²) in [6, 6.07) is 14.3. The summed E-state index contributed by atoms with van der Waals surface area (Å²) in [6.07, 6.45) is 0. The van der Waals surface area contributed by atoms with Gasteiger partial charge in [-0.05, 0) is 30.2 Å². The zero-order valence-electron chi connectivity index (χ0n) is 12.7. The summed E-state index contributed by atoms with van der Waals surface area (Å²) in [4.78, 5) is 26.4. The van der Waals surface area contributed by atoms with Gasteiger partial charge in [-0.25, -0.2) is 4.90 Å². The zero-order chi connectivity index (χ0) is 15.7. The van der Waals surface area contributed by atoms with Crippen LogP contribution in [0.4, 0.5) is 11.4 Å². The van der Waals surface area contributed by atoms with Crippen LogP contribution in [0.2, 0.25) is 0 Å². The highest BCUT2D eigenvalue weighted by Gasteiger charge is 2.37. The summed E-state index contributed by atoms with van der Waals surface area (Å²) >= 11 is 0. The van der Waals surface area contributed by atoms with E-state index in [1.54, 1.807) is 30.3 Å². The monoisotopic (exact) mass is 294 g/mol. The molecular weight excluding hydrogens is 276 g/mol. The Kier molecular flexibility index (Phi) is 3.67. The van der Waals surface area contributed by atoms with E-state index in [1.807, 2.05) is 18.2 Å². The van der Waals surface area contributed by atoms with Crippen molar-refractivity contribution in [3.63, 3.8) is 0 Å². The Labute approximate surface area is 129 Å². The highest BCUT2D eigenvalue weighted by molar-refractivity contribution is 6.35. The minimum atomic E-state index is -0.264. The highest BCUT2D eigenvalue weighted by Crippen LogP contribution is 2.33. The molecule has 2 aromatic carbocycles. The Balaban J connectivity index is 1.99. The maximum Gasteiger partial charge on any atom is 0.266 e. The fourth-order valence-electron chi connectivity index (χ4n) is 2.54. The van der Waals surface area contributed by atoms with Crippen LogP contribution in [0.3, 0.4) is 0 Å². The van der Waals surface area contributed by atoms with Gasteiger partial charge in [-0.1, -0.05) is 38.1 Å². The molecule has 22 heavy (non-hydrogen) atoms. The molecule has 4 nitrogen and oxygen atoms in total. The molecule has 2 aromatic rings. The SMILES string of the molecule is CC(C)CNc1ccccc1N1C(=O)c2ccccc2C1=O. The lowest BCUT2D eigenvalue weighted by atomic mass is 10.1. The molecule has 4 heteroatoms. The van der Waals surface area contributed by atoms with Gasteiger partial charge >= 0.3 is 0 Å². The molecule has 0 saturated carbocycles. The van der Waals surface area contributed by atoms with Crippen molar-refractivity contribution in [2.75, 3.05) is 16.8 Å². The van der Waals surface area contributed by atoms with Crippen LogP contribution in [0.15, 0.2) is 48.5 Å². The van der Waals surface area contributed by atoms with Crippen molar-refractivity contribution < 1.29 is 9.59 Å². The van der Waals surface area contributed by atoms with Gasteiger partial charge in [-0.2, -0.15) is 0 Å². The molecule has 3 rings (SSSR count). The summed E-state index contributed by atoms with van der Waals surface area (Å²) in [5.41, 5.74) is 2.33. The summed E-state index contributed by atoms with van der Waals surface area (Å²) in [5, 5.41) is 3.31. The minimum absolute atomic E-state index is 0.264. The number of carbonyl (C=O) groups excluding carboxylic acids is 2. The number of nitrogens with zero attached hydrogens (tertiary/aromatic N) is 1. The summed E-state index contributed by atoms with van der Waals surface area (Å²) in [6.45, 7) is 5.00. The first kappa shape index (κ1) is 14.3. The summed E-state index contributed by atoms with van der Waals surface area (Å²) < 4.78 is 0. The lowest BCUT2D eigenvalue weighted by Crippen LogP contribution is -2.30. The van der Waals surface area contributed by atoms with Gasteiger partial charge in [0.05, 0.1) is 22.5 Å². The van der Waals surface area contributed by atoms with Crippen LogP contribution in [-0.4, -0.2) is 18.4 Å². The van der Waals surface area contributed by atoms with Crippen LogP contribution in [0.25, 0.3) is 0 Å². The number of imide groups is 1. The van der Waals surface area contributed by atoms with E-state index in [0.717, 1.165) is 12.2 Å². The lowest BCUT2D eigenvalue weighted by molar-refractivity contribution is 0.0926. The maximum absolute atomic E-state index is 12.6. The average Bonchev–Trinajstić information content (AvgIpc) is 2.78. The number of carbonyl (C=O) groups is 2. The first-order valence-corrected chi connectivity index (χ1v) is 7.40. The van der Waals surface area contributed by atoms with E-state index in [4.69, 9.17) is 0 Å². The standard InChI is InChI=1S/C18H18N2O2/c1-12(2)11-19-15-9-5-6-10-16(15)20-17(21)13-7-3-4-8-14(13)18(20)22/h3-10,12,19H,11H2,1-2H3. The lowest BCUT2D eigenvalue weighted by Gasteiger charge is -2.19. The van der Waals surface area contributed by atoms with Gasteiger partial charge in [0.1, 0.15) is 0 Å². The van der Waals surface area contributed by atoms with Gasteiger partial charge in [-0.15, -0.1) is 0 Å². The third-order valence-electron chi connectivity index (χ3n) is 3.64. The van der Waals surface area contributed by atoms with Crippen LogP contribution in [0.5, 0.6) is 0 Å². The number of hydrogen-bond donors (Lipinski definition) is 1. The Morgan fingerprint density at radius 2 is 1.45 bits per heavy atom. The third kappa shape index (κ3) is 2.37. The predicted molar refractivity (Wildman–Crippen MR) is 87.4 cm³/mol. The van der Waals surface area contributed by atoms with Crippen molar-refractivity contribution in [3.8, 4) is 0 Å². The Morgan fingerprint density at radius 3 is 2.05 bits per heavy atom. The van der Waals surface area contributed by atoms with Crippen molar-refractivity contribution in [1.29, 1.82) is 0 Å². The summed E-state index contributed by atoms with van der Waals surface area (Å²) in [5.74, 6) is -0.0611. The molecule has 2 amide bonds. The molecule has 0 bridgehead atoms. The number of rotatable bonds is 4. The fourth-order valence-corrected chi connectivity index (χ4v) is 2.54. The second kappa shape index (κ2) is 5.64. The number of para-hydroxylation sites is 2. The predicted octanol–water partition coefficient (Wildman–Crippen LogP) is 3.56. The smallest absolute Gasteiger partial charge is 0.266 e. The Bertz CT molecular complexity index is 702. The van der Waals surface area contributed by atoms with E-state index < -0.39 is 0 Å². The summed E-state index contributed by atoms with van der Waals surface area (Å²) in [7, 11) is 0. The van der Waals surface area contributed by atoms with E-state index >= 15 is 0 Å². The molecule has 0 spiro atoms. The molecule has 0 radical (unpaired) electrons. The molecule has 0 saturated heterocycles. The van der Waals surface area contributed by atoms with Crippen LogP contribution in [0, 0.1) is 5.92 Å². The van der Waals surface area contributed by atoms with E-state index in [9.17, 15) is 9.59 Å². The third-order valence-corrected chi connectivity index (χ3v) is 3.64. The van der Waals surface area contributed by atoms with Crippen molar-refractivity contribution >= 4 is 23.2 Å². The van der Waals surface area contributed by atoms with Gasteiger partial charge < -0.3 is 5.32 Å². The number of nitrogens with one attached hydrogen (secondary N) is 1.